The standard InChI is InChI=1S/C17H24N2O3/c1-12(18-13(2)20)17(21)19-10-6-8-15(19)11-14-7-4-5-9-16(14)22-3/h4-5,7,9,12,15H,6,8,10-11H2,1-3H3,(H,18,20). The fourth-order valence-electron chi connectivity index (χ4n) is 3.08. The minimum Gasteiger partial charge on any atom is -0.496 e. The summed E-state index contributed by atoms with van der Waals surface area (Å²) in [6.07, 6.45) is 2.76. The molecule has 1 N–H and O–H groups in total. The topological polar surface area (TPSA) is 58.6 Å². The van der Waals surface area contributed by atoms with Gasteiger partial charge in [0.15, 0.2) is 0 Å². The highest BCUT2D eigenvalue weighted by Crippen LogP contribution is 2.26. The molecule has 1 aliphatic rings. The summed E-state index contributed by atoms with van der Waals surface area (Å²) in [4.78, 5) is 25.5. The van der Waals surface area contributed by atoms with Gasteiger partial charge >= 0.3 is 0 Å². The molecule has 5 nitrogen and oxygen atoms in total. The molecular formula is C17H24N2O3. The Kier molecular flexibility index (Phi) is 5.41. The van der Waals surface area contributed by atoms with Crippen LogP contribution in [0.5, 0.6) is 5.75 Å². The molecule has 1 heterocycles. The van der Waals surface area contributed by atoms with Gasteiger partial charge in [-0.1, -0.05) is 18.2 Å². The molecule has 1 aliphatic heterocycles. The Morgan fingerprint density at radius 1 is 1.41 bits per heavy atom. The number of nitrogens with one attached hydrogen (secondary N) is 1. The van der Waals surface area contributed by atoms with Gasteiger partial charge in [0.1, 0.15) is 11.8 Å². The van der Waals surface area contributed by atoms with Crippen LogP contribution in [0, 0.1) is 0 Å². The number of ether oxygens (including phenoxy) is 1. The maximum atomic E-state index is 12.5. The lowest BCUT2D eigenvalue weighted by Crippen LogP contribution is -2.48. The van der Waals surface area contributed by atoms with Crippen LogP contribution >= 0.6 is 0 Å². The number of nitrogens with zero attached hydrogens (tertiary/aromatic N) is 1. The van der Waals surface area contributed by atoms with Gasteiger partial charge in [-0.25, -0.2) is 0 Å². The van der Waals surface area contributed by atoms with Gasteiger partial charge in [-0.2, -0.15) is 0 Å². The molecule has 0 radical (unpaired) electrons. The zero-order valence-corrected chi connectivity index (χ0v) is 13.5. The average Bonchev–Trinajstić information content (AvgIpc) is 2.94. The Labute approximate surface area is 131 Å². The van der Waals surface area contributed by atoms with Gasteiger partial charge in [0.05, 0.1) is 7.11 Å². The summed E-state index contributed by atoms with van der Waals surface area (Å²) < 4.78 is 5.39. The first-order valence-electron chi connectivity index (χ1n) is 7.72. The van der Waals surface area contributed by atoms with Crippen LogP contribution in [0.25, 0.3) is 0 Å². The predicted octanol–water partition coefficient (Wildman–Crippen LogP) is 1.75. The lowest BCUT2D eigenvalue weighted by molar-refractivity contribution is -0.136. The third-order valence-corrected chi connectivity index (χ3v) is 4.10. The van der Waals surface area contributed by atoms with E-state index in [0.29, 0.717) is 0 Å². The molecule has 2 rings (SSSR count). The summed E-state index contributed by atoms with van der Waals surface area (Å²) >= 11 is 0. The van der Waals surface area contributed by atoms with E-state index in [1.165, 1.54) is 6.92 Å². The van der Waals surface area contributed by atoms with E-state index in [4.69, 9.17) is 4.74 Å². The summed E-state index contributed by atoms with van der Waals surface area (Å²) in [5, 5.41) is 2.67. The van der Waals surface area contributed by atoms with Crippen LogP contribution in [0.2, 0.25) is 0 Å². The van der Waals surface area contributed by atoms with Crippen LogP contribution in [0.4, 0.5) is 0 Å². The van der Waals surface area contributed by atoms with E-state index in [-0.39, 0.29) is 17.9 Å². The van der Waals surface area contributed by atoms with Crippen molar-refractivity contribution in [3.8, 4) is 5.75 Å². The van der Waals surface area contributed by atoms with E-state index in [9.17, 15) is 9.59 Å². The molecule has 0 saturated carbocycles. The summed E-state index contributed by atoms with van der Waals surface area (Å²) in [5.74, 6) is 0.672. The number of para-hydroxylation sites is 1. The Morgan fingerprint density at radius 3 is 2.82 bits per heavy atom. The average molecular weight is 304 g/mol. The van der Waals surface area contributed by atoms with E-state index < -0.39 is 6.04 Å². The minimum absolute atomic E-state index is 0.00685. The van der Waals surface area contributed by atoms with Crippen molar-refractivity contribution in [3.63, 3.8) is 0 Å². The van der Waals surface area contributed by atoms with E-state index in [1.54, 1.807) is 14.0 Å². The molecule has 0 bridgehead atoms. The molecular weight excluding hydrogens is 280 g/mol. The fraction of sp³-hybridized carbons (Fsp3) is 0.529. The number of amides is 2. The SMILES string of the molecule is COc1ccccc1CC1CCCN1C(=O)C(C)NC(C)=O. The van der Waals surface area contributed by atoms with Crippen molar-refractivity contribution in [1.82, 2.24) is 10.2 Å². The van der Waals surface area contributed by atoms with Crippen LogP contribution in [-0.4, -0.2) is 42.5 Å². The van der Waals surface area contributed by atoms with Gasteiger partial charge in [0.2, 0.25) is 11.8 Å². The van der Waals surface area contributed by atoms with Crippen molar-refractivity contribution in [2.75, 3.05) is 13.7 Å². The molecule has 22 heavy (non-hydrogen) atoms. The largest absolute Gasteiger partial charge is 0.496 e. The summed E-state index contributed by atoms with van der Waals surface area (Å²) in [6, 6.07) is 7.60. The Bertz CT molecular complexity index is 544. The molecule has 1 aromatic carbocycles. The molecule has 2 amide bonds. The van der Waals surface area contributed by atoms with Crippen LogP contribution < -0.4 is 10.1 Å². The normalized spacial score (nSPS) is 18.9. The second-order valence-corrected chi connectivity index (χ2v) is 5.77. The molecule has 0 aromatic heterocycles. The van der Waals surface area contributed by atoms with E-state index in [2.05, 4.69) is 5.32 Å². The number of carbonyl (C=O) groups excluding carboxylic acids is 2. The van der Waals surface area contributed by atoms with Gasteiger partial charge in [-0.3, -0.25) is 9.59 Å². The number of hydrogen-bond donors (Lipinski definition) is 1. The van der Waals surface area contributed by atoms with Gasteiger partial charge in [-0.15, -0.1) is 0 Å². The summed E-state index contributed by atoms with van der Waals surface area (Å²) in [7, 11) is 1.66. The second kappa shape index (κ2) is 7.29. The van der Waals surface area contributed by atoms with Crippen LogP contribution in [0.1, 0.15) is 32.3 Å². The van der Waals surface area contributed by atoms with Crippen LogP contribution in [-0.2, 0) is 16.0 Å². The van der Waals surface area contributed by atoms with Gasteiger partial charge in [0.25, 0.3) is 0 Å². The van der Waals surface area contributed by atoms with E-state index in [0.717, 1.165) is 37.1 Å². The van der Waals surface area contributed by atoms with Crippen LogP contribution in [0.3, 0.4) is 0 Å². The Morgan fingerprint density at radius 2 is 2.14 bits per heavy atom. The third-order valence-electron chi connectivity index (χ3n) is 4.10. The number of hydrogen-bond acceptors (Lipinski definition) is 3. The monoisotopic (exact) mass is 304 g/mol. The maximum absolute atomic E-state index is 12.5. The zero-order chi connectivity index (χ0) is 16.1. The first kappa shape index (κ1) is 16.3. The predicted molar refractivity (Wildman–Crippen MR) is 84.7 cm³/mol. The quantitative estimate of drug-likeness (QED) is 0.901. The number of methoxy groups -OCH3 is 1. The lowest BCUT2D eigenvalue weighted by Gasteiger charge is -2.28. The number of likely N-dealkylation sites (tertiary alicyclic amines) is 1. The molecule has 2 unspecified atom stereocenters. The Hall–Kier alpha value is -2.04. The lowest BCUT2D eigenvalue weighted by atomic mass is 10.0. The van der Waals surface area contributed by atoms with Gasteiger partial charge in [0, 0.05) is 19.5 Å². The molecule has 1 fully saturated rings. The summed E-state index contributed by atoms with van der Waals surface area (Å²) in [6.45, 7) is 3.92. The van der Waals surface area contributed by atoms with Crippen molar-refractivity contribution in [3.05, 3.63) is 29.8 Å². The first-order valence-corrected chi connectivity index (χ1v) is 7.72. The number of carbonyl (C=O) groups is 2. The van der Waals surface area contributed by atoms with Crippen LogP contribution in [0.15, 0.2) is 24.3 Å². The Balaban J connectivity index is 2.07. The van der Waals surface area contributed by atoms with E-state index >= 15 is 0 Å². The molecule has 2 atom stereocenters. The van der Waals surface area contributed by atoms with Crippen molar-refractivity contribution >= 4 is 11.8 Å². The molecule has 0 spiro atoms. The van der Waals surface area contributed by atoms with Crippen molar-refractivity contribution < 1.29 is 14.3 Å². The fourth-order valence-corrected chi connectivity index (χ4v) is 3.08. The molecule has 0 aliphatic carbocycles. The first-order chi connectivity index (χ1) is 10.5. The van der Waals surface area contributed by atoms with Crippen molar-refractivity contribution in [2.24, 2.45) is 0 Å². The van der Waals surface area contributed by atoms with E-state index in [1.807, 2.05) is 29.2 Å². The third kappa shape index (κ3) is 3.78. The highest BCUT2D eigenvalue weighted by molar-refractivity contribution is 5.86. The van der Waals surface area contributed by atoms with Gasteiger partial charge in [-0.05, 0) is 37.8 Å². The van der Waals surface area contributed by atoms with Crippen molar-refractivity contribution in [1.29, 1.82) is 0 Å². The van der Waals surface area contributed by atoms with Gasteiger partial charge < -0.3 is 15.0 Å². The number of rotatable bonds is 5. The van der Waals surface area contributed by atoms with Crippen molar-refractivity contribution in [2.45, 2.75) is 45.2 Å². The molecule has 1 aromatic rings. The number of benzene rings is 1. The maximum Gasteiger partial charge on any atom is 0.245 e. The molecule has 120 valence electrons. The second-order valence-electron chi connectivity index (χ2n) is 5.77. The highest BCUT2D eigenvalue weighted by atomic mass is 16.5. The minimum atomic E-state index is -0.476. The molecule has 5 heteroatoms. The molecule has 1 saturated heterocycles. The zero-order valence-electron chi connectivity index (χ0n) is 13.5. The smallest absolute Gasteiger partial charge is 0.245 e. The summed E-state index contributed by atoms with van der Waals surface area (Å²) in [5.41, 5.74) is 1.11. The highest BCUT2D eigenvalue weighted by Gasteiger charge is 2.32.